The lowest BCUT2D eigenvalue weighted by Crippen LogP contribution is -3.60. The molecule has 1 aromatic rings. The molecule has 0 amide bonds. The van der Waals surface area contributed by atoms with Crippen molar-refractivity contribution < 1.29 is 21.2 Å². The Morgan fingerprint density at radius 3 is 1.89 bits per heavy atom. The Labute approximate surface area is 130 Å². The molecular weight excluding hydrogens is 359 g/mol. The van der Waals surface area contributed by atoms with E-state index in [1.807, 2.05) is 0 Å². The molecule has 0 aliphatic carbocycles. The lowest BCUT2D eigenvalue weighted by atomic mass is 10.1. The van der Waals surface area contributed by atoms with Crippen molar-refractivity contribution in [2.75, 3.05) is 0 Å². The van der Waals surface area contributed by atoms with Crippen LogP contribution in [0.25, 0.3) is 0 Å². The van der Waals surface area contributed by atoms with Crippen LogP contribution in [-0.2, 0) is 0 Å². The third-order valence-corrected chi connectivity index (χ3v) is 11.7. The van der Waals surface area contributed by atoms with E-state index in [1.165, 1.54) is 20.3 Å². The molecule has 1 aromatic carbocycles. The van der Waals surface area contributed by atoms with Gasteiger partial charge in [-0.05, 0) is 25.8 Å². The van der Waals surface area contributed by atoms with E-state index >= 15 is 0 Å². The number of hydrogen-bond donors (Lipinski definition) is 0. The number of aryl methyl sites for hydroxylation is 3. The van der Waals surface area contributed by atoms with E-state index in [2.05, 4.69) is 76.2 Å². The maximum absolute atomic E-state index is 3.65. The molecule has 0 aliphatic heterocycles. The number of halogens is 1. The van der Waals surface area contributed by atoms with Crippen LogP contribution in [0.1, 0.15) is 37.5 Å². The van der Waals surface area contributed by atoms with E-state index in [9.17, 15) is 0 Å². The molecule has 0 atom stereocenters. The van der Waals surface area contributed by atoms with Gasteiger partial charge in [-0.15, -0.1) is 0 Å². The van der Waals surface area contributed by atoms with Gasteiger partial charge in [-0.25, -0.2) is 0 Å². The second-order valence-electron chi connectivity index (χ2n) is 6.90. The maximum Gasteiger partial charge on any atom is 0.419 e. The average molecular weight is 385 g/mol. The van der Waals surface area contributed by atoms with Crippen LogP contribution in [0.4, 0.5) is 0 Å². The first-order valence-electron chi connectivity index (χ1n) is 6.78. The number of rotatable bonds is 1. The molecule has 0 bridgehead atoms. The molecule has 0 N–H and O–H groups in total. The van der Waals surface area contributed by atoms with Gasteiger partial charge in [0.1, 0.15) is 8.07 Å². The zero-order valence-electron chi connectivity index (χ0n) is 13.5. The summed E-state index contributed by atoms with van der Waals surface area (Å²) >= 11 is -0.170. The fraction of sp³-hybridized carbons (Fsp3) is 0.529. The lowest BCUT2D eigenvalue weighted by Gasteiger charge is -2.30. The molecule has 0 saturated heterocycles. The predicted molar refractivity (Wildman–Crippen MR) is 84.3 cm³/mol. The van der Waals surface area contributed by atoms with Crippen LogP contribution >= 0.6 is 0 Å². The van der Waals surface area contributed by atoms with E-state index in [4.69, 9.17) is 0 Å². The quantitative estimate of drug-likeness (QED) is 0.394. The van der Waals surface area contributed by atoms with Crippen LogP contribution in [-0.4, -0.2) is 8.07 Å². The van der Waals surface area contributed by atoms with Crippen molar-refractivity contribution >= 4 is 8.07 Å². The summed E-state index contributed by atoms with van der Waals surface area (Å²) in [6.45, 7) is 18.4. The second-order valence-corrected chi connectivity index (χ2v) is 14.1. The second kappa shape index (κ2) is 6.01. The van der Waals surface area contributed by atoms with Gasteiger partial charge in [-0.1, -0.05) is 57.1 Å². The van der Waals surface area contributed by atoms with Crippen LogP contribution in [0.2, 0.25) is 18.1 Å². The highest BCUT2D eigenvalue weighted by molar-refractivity contribution is 6.87. The molecule has 19 heavy (non-hydrogen) atoms. The van der Waals surface area contributed by atoms with Gasteiger partial charge in [0.05, 0.1) is 0 Å². The van der Waals surface area contributed by atoms with Crippen LogP contribution in [0.5, 0.6) is 0 Å². The summed E-state index contributed by atoms with van der Waals surface area (Å²) in [5.74, 6) is 0. The fourth-order valence-corrected chi connectivity index (χ4v) is 6.21. The standard InChI is InChI=1S/C17H26ISi/c1-13-11-14(2)16(15(3)12-13)18-9-10-19(7,8)17(4,5)6/h11-12H,1-8H3/q+1. The Hall–Kier alpha value is -0.273. The smallest absolute Gasteiger partial charge is 0.0774 e. The summed E-state index contributed by atoms with van der Waals surface area (Å²) in [5, 5.41) is 0.362. The monoisotopic (exact) mass is 385 g/mol. The van der Waals surface area contributed by atoms with Gasteiger partial charge in [0.2, 0.25) is 3.57 Å². The first-order chi connectivity index (χ1) is 8.54. The summed E-state index contributed by atoms with van der Waals surface area (Å²) < 4.78 is 5.10. The third kappa shape index (κ3) is 4.36. The van der Waals surface area contributed by atoms with Gasteiger partial charge in [0, 0.05) is 11.1 Å². The highest BCUT2D eigenvalue weighted by atomic mass is 127. The van der Waals surface area contributed by atoms with Gasteiger partial charge in [0.25, 0.3) is 0 Å². The highest BCUT2D eigenvalue weighted by Crippen LogP contribution is 2.34. The van der Waals surface area contributed by atoms with E-state index in [-0.39, 0.29) is 21.2 Å². The molecular formula is C17H26ISi+. The highest BCUT2D eigenvalue weighted by Gasteiger charge is 2.34. The SMILES string of the molecule is Cc1cc(C)c([I+]C#C[Si](C)(C)C(C)(C)C)c(C)c1. The van der Waals surface area contributed by atoms with Crippen molar-refractivity contribution in [1.82, 2.24) is 0 Å². The average Bonchev–Trinajstić information content (AvgIpc) is 2.20. The molecule has 104 valence electrons. The van der Waals surface area contributed by atoms with Crippen molar-refractivity contribution in [2.45, 2.75) is 59.7 Å². The largest absolute Gasteiger partial charge is 0.419 e. The van der Waals surface area contributed by atoms with Crippen LogP contribution < -0.4 is 21.2 Å². The molecule has 0 unspecified atom stereocenters. The first-order valence-corrected chi connectivity index (χ1v) is 11.9. The van der Waals surface area contributed by atoms with E-state index in [1.54, 1.807) is 0 Å². The molecule has 1 rings (SSSR count). The van der Waals surface area contributed by atoms with Crippen molar-refractivity contribution in [1.29, 1.82) is 0 Å². The predicted octanol–water partition coefficient (Wildman–Crippen LogP) is 1.88. The minimum absolute atomic E-state index is 0.170. The molecule has 0 heterocycles. The zero-order chi connectivity index (χ0) is 14.8. The Kier molecular flexibility index (Phi) is 5.31. The van der Waals surface area contributed by atoms with Gasteiger partial charge in [-0.3, -0.25) is 0 Å². The normalized spacial score (nSPS) is 12.0. The fourth-order valence-electron chi connectivity index (χ4n) is 1.69. The van der Waals surface area contributed by atoms with Crippen LogP contribution in [0.15, 0.2) is 12.1 Å². The van der Waals surface area contributed by atoms with E-state index in [0.29, 0.717) is 5.04 Å². The zero-order valence-corrected chi connectivity index (χ0v) is 16.7. The van der Waals surface area contributed by atoms with E-state index in [0.717, 1.165) is 0 Å². The molecule has 0 aliphatic rings. The summed E-state index contributed by atoms with van der Waals surface area (Å²) in [5.41, 5.74) is 7.87. The summed E-state index contributed by atoms with van der Waals surface area (Å²) in [4.78, 5) is 0. The molecule has 0 saturated carbocycles. The van der Waals surface area contributed by atoms with Gasteiger partial charge >= 0.3 is 21.2 Å². The number of benzene rings is 1. The topological polar surface area (TPSA) is 0 Å². The molecule has 0 spiro atoms. The van der Waals surface area contributed by atoms with Crippen molar-refractivity contribution in [3.8, 4) is 9.47 Å². The Morgan fingerprint density at radius 2 is 1.47 bits per heavy atom. The van der Waals surface area contributed by atoms with Crippen LogP contribution in [0, 0.1) is 33.8 Å². The van der Waals surface area contributed by atoms with Crippen molar-refractivity contribution in [3.63, 3.8) is 0 Å². The maximum atomic E-state index is 3.65. The van der Waals surface area contributed by atoms with Gasteiger partial charge in [0.15, 0.2) is 3.93 Å². The third-order valence-electron chi connectivity index (χ3n) is 3.96. The Morgan fingerprint density at radius 1 is 1.00 bits per heavy atom. The minimum Gasteiger partial charge on any atom is -0.0774 e. The summed E-state index contributed by atoms with van der Waals surface area (Å²) in [6, 6.07) is 4.58. The molecule has 0 aromatic heterocycles. The molecule has 0 radical (unpaired) electrons. The van der Waals surface area contributed by atoms with Gasteiger partial charge in [-0.2, -0.15) is 0 Å². The van der Waals surface area contributed by atoms with Gasteiger partial charge < -0.3 is 0 Å². The Balaban J connectivity index is 2.97. The van der Waals surface area contributed by atoms with E-state index < -0.39 is 8.07 Å². The summed E-state index contributed by atoms with van der Waals surface area (Å²) in [6.07, 6.45) is 0. The Bertz CT molecular complexity index is 501. The summed E-state index contributed by atoms with van der Waals surface area (Å²) in [7, 11) is -1.44. The van der Waals surface area contributed by atoms with Crippen molar-refractivity contribution in [3.05, 3.63) is 32.4 Å². The van der Waals surface area contributed by atoms with Crippen molar-refractivity contribution in [2.24, 2.45) is 0 Å². The number of hydrogen-bond acceptors (Lipinski definition) is 0. The minimum atomic E-state index is -1.44. The molecule has 2 heteroatoms. The molecule has 0 nitrogen and oxygen atoms in total. The molecule has 0 fully saturated rings. The lowest BCUT2D eigenvalue weighted by molar-refractivity contribution is -0.536. The van der Waals surface area contributed by atoms with Crippen LogP contribution in [0.3, 0.4) is 0 Å². The first kappa shape index (κ1) is 16.8.